The van der Waals surface area contributed by atoms with Crippen LogP contribution < -0.4 is 14.5 Å². The standard InChI is InChI=1S/C15H14N2O2S.2W.2Y/c1-8-6-11-13(7-12(8)19)20-14(16-11)10-4-5-15(3,17-10)9(2)18;;;;/h5-6,17H,4H2,1-3H3;;;;/q-2;;;;. The first-order valence-corrected chi connectivity index (χ1v) is 7.21. The summed E-state index contributed by atoms with van der Waals surface area (Å²) in [4.78, 5) is 27.8. The Bertz CT molecular complexity index is 792. The maximum Gasteiger partial charge on any atom is 0.124 e. The molecule has 0 amide bonds. The van der Waals surface area contributed by atoms with E-state index in [4.69, 9.17) is 0 Å². The molecule has 1 atom stereocenters. The average Bonchev–Trinajstić information content (AvgIpc) is 2.95. The number of nitrogens with one attached hydrogen (secondary N) is 1. The molecule has 1 unspecified atom stereocenters. The van der Waals surface area contributed by atoms with E-state index in [2.05, 4.69) is 16.4 Å². The van der Waals surface area contributed by atoms with Gasteiger partial charge in [0.25, 0.3) is 0 Å². The first-order chi connectivity index (χ1) is 9.39. The molecule has 2 aliphatic rings. The first-order valence-electron chi connectivity index (χ1n) is 6.39. The largest absolute Gasteiger partial charge is 0.405 e. The van der Waals surface area contributed by atoms with Crippen LogP contribution in [0.4, 0.5) is 0 Å². The average molecular weight is 832 g/mol. The maximum absolute atomic E-state index is 11.6. The van der Waals surface area contributed by atoms with E-state index >= 15 is 0 Å². The van der Waals surface area contributed by atoms with Crippen LogP contribution in [0.2, 0.25) is 0 Å². The Morgan fingerprint density at radius 2 is 2.04 bits per heavy atom. The van der Waals surface area contributed by atoms with E-state index in [1.54, 1.807) is 19.9 Å². The fraction of sp³-hybridized carbons (Fsp3) is 0.333. The number of aromatic nitrogens is 1. The van der Waals surface area contributed by atoms with Crippen molar-refractivity contribution in [2.75, 3.05) is 0 Å². The van der Waals surface area contributed by atoms with Crippen LogP contribution in [0.5, 0.6) is 0 Å². The van der Waals surface area contributed by atoms with Crippen molar-refractivity contribution in [1.82, 2.24) is 10.3 Å². The number of hydrogen-bond acceptors (Lipinski definition) is 5. The SMILES string of the molecule is CC(=O)C1(C)[CH-]CC(=c2nc3c(s2)=[C-]C(=O)C(C)=C3)N1.[W].[W].[Y].[Y]. The number of fused-ring (bicyclic) bond motifs is 1. The molecule has 24 heavy (non-hydrogen) atoms. The summed E-state index contributed by atoms with van der Waals surface area (Å²) in [5.41, 5.74) is 1.75. The predicted octanol–water partition coefficient (Wildman–Crippen LogP) is 0.430. The molecule has 1 aliphatic heterocycles. The van der Waals surface area contributed by atoms with Gasteiger partial charge >= 0.3 is 0 Å². The molecule has 0 aromatic carbocycles. The van der Waals surface area contributed by atoms with Crippen LogP contribution in [0.3, 0.4) is 0 Å². The van der Waals surface area contributed by atoms with Crippen LogP contribution in [0.25, 0.3) is 17.8 Å². The molecule has 0 saturated carbocycles. The summed E-state index contributed by atoms with van der Waals surface area (Å²) >= 11 is 1.43. The summed E-state index contributed by atoms with van der Waals surface area (Å²) in [6.45, 7) is 5.20. The van der Waals surface area contributed by atoms with Crippen molar-refractivity contribution < 1.29 is 117 Å². The summed E-state index contributed by atoms with van der Waals surface area (Å²) in [6.07, 6.45) is 7.26. The van der Waals surface area contributed by atoms with E-state index in [-0.39, 0.29) is 119 Å². The van der Waals surface area contributed by atoms with Gasteiger partial charge in [-0.1, -0.05) is 18.4 Å². The Labute approximate surface area is 224 Å². The number of hydrogen-bond donors (Lipinski definition) is 1. The number of nitrogens with zero attached hydrogens (tertiary/aromatic N) is 1. The third-order valence-corrected chi connectivity index (χ3v) is 4.75. The van der Waals surface area contributed by atoms with Crippen molar-refractivity contribution in [1.29, 1.82) is 0 Å². The van der Waals surface area contributed by atoms with Crippen LogP contribution in [0, 0.1) is 6.42 Å². The van der Waals surface area contributed by atoms with Gasteiger partial charge in [-0.05, 0) is 18.2 Å². The van der Waals surface area contributed by atoms with Crippen molar-refractivity contribution in [3.63, 3.8) is 0 Å². The van der Waals surface area contributed by atoms with Crippen molar-refractivity contribution in [3.8, 4) is 0 Å². The zero-order valence-corrected chi connectivity index (χ0v) is 25.9. The Balaban J connectivity index is 0. The Kier molecular flexibility index (Phi) is 12.8. The molecule has 0 spiro atoms. The van der Waals surface area contributed by atoms with Gasteiger partial charge in [0.1, 0.15) is 10.4 Å². The zero-order chi connectivity index (χ0) is 14.5. The molecule has 1 saturated heterocycles. The number of rotatable bonds is 1. The summed E-state index contributed by atoms with van der Waals surface area (Å²) < 4.78 is 1.59. The molecule has 122 valence electrons. The summed E-state index contributed by atoms with van der Waals surface area (Å²) in [5.74, 6) is -0.00456. The number of allylic oxidation sites excluding steroid dienone is 1. The van der Waals surface area contributed by atoms with Crippen LogP contribution in [-0.2, 0) is 117 Å². The van der Waals surface area contributed by atoms with Crippen LogP contribution in [0.15, 0.2) is 5.57 Å². The Hall–Kier alpha value is 1.83. The van der Waals surface area contributed by atoms with E-state index in [1.807, 2.05) is 13.3 Å². The van der Waals surface area contributed by atoms with Gasteiger partial charge in [0.2, 0.25) is 0 Å². The van der Waals surface area contributed by atoms with E-state index in [1.165, 1.54) is 11.3 Å². The zero-order valence-electron chi connectivity index (χ0n) is 13.5. The maximum atomic E-state index is 11.6. The van der Waals surface area contributed by atoms with Crippen LogP contribution in [0.1, 0.15) is 32.9 Å². The van der Waals surface area contributed by atoms with Gasteiger partial charge in [-0.15, -0.1) is 35.5 Å². The summed E-state index contributed by atoms with van der Waals surface area (Å²) in [5, 5.41) is 3.24. The third kappa shape index (κ3) is 5.67. The molecule has 9 heteroatoms. The van der Waals surface area contributed by atoms with Gasteiger partial charge in [0, 0.05) is 113 Å². The molecule has 1 aliphatic carbocycles. The predicted molar refractivity (Wildman–Crippen MR) is 78.0 cm³/mol. The van der Waals surface area contributed by atoms with Gasteiger partial charge < -0.3 is 19.9 Å². The smallest absolute Gasteiger partial charge is 0.124 e. The number of thiazole rings is 1. The number of carbonyl (C=O) groups is 2. The van der Waals surface area contributed by atoms with E-state index in [9.17, 15) is 9.59 Å². The minimum absolute atomic E-state index is 0. The van der Waals surface area contributed by atoms with Gasteiger partial charge in [-0.2, -0.15) is 0 Å². The van der Waals surface area contributed by atoms with Crippen molar-refractivity contribution >= 4 is 40.8 Å². The molecule has 2 heterocycles. The van der Waals surface area contributed by atoms with Crippen LogP contribution >= 0.6 is 11.3 Å². The van der Waals surface area contributed by atoms with Gasteiger partial charge in [0.15, 0.2) is 0 Å². The first kappa shape index (κ1) is 28.0. The second kappa shape index (κ2) is 11.0. The summed E-state index contributed by atoms with van der Waals surface area (Å²) in [7, 11) is 0. The Morgan fingerprint density at radius 1 is 1.42 bits per heavy atom. The minimum atomic E-state index is -0.615. The van der Waals surface area contributed by atoms with Crippen molar-refractivity contribution in [3.05, 3.63) is 26.9 Å². The normalized spacial score (nSPS) is 23.0. The van der Waals surface area contributed by atoms with Crippen molar-refractivity contribution in [2.24, 2.45) is 0 Å². The molecule has 0 bridgehead atoms. The number of carbonyl (C=O) groups excluding carboxylic acids is 2. The van der Waals surface area contributed by atoms with Crippen LogP contribution in [-0.4, -0.2) is 22.1 Å². The molecule has 1 N–H and O–H groups in total. The molecule has 1 aromatic heterocycles. The van der Waals surface area contributed by atoms with E-state index in [0.717, 1.165) is 20.6 Å². The van der Waals surface area contributed by atoms with Gasteiger partial charge in [0.05, 0.1) is 5.78 Å². The monoisotopic (exact) mass is 832 g/mol. The Morgan fingerprint density at radius 3 is 2.58 bits per heavy atom. The van der Waals surface area contributed by atoms with Gasteiger partial charge in [-0.25, -0.2) is 0 Å². The fourth-order valence-electron chi connectivity index (χ4n) is 2.21. The summed E-state index contributed by atoms with van der Waals surface area (Å²) in [6, 6.07) is 0. The molecule has 4 nitrogen and oxygen atoms in total. The fourth-order valence-corrected chi connectivity index (χ4v) is 3.16. The molecule has 1 fully saturated rings. The second-order valence-electron chi connectivity index (χ2n) is 5.29. The minimum Gasteiger partial charge on any atom is -0.405 e. The molecule has 2 radical (unpaired) electrons. The topological polar surface area (TPSA) is 59.1 Å². The van der Waals surface area contributed by atoms with Crippen molar-refractivity contribution in [2.45, 2.75) is 32.7 Å². The quantitative estimate of drug-likeness (QED) is 0.418. The van der Waals surface area contributed by atoms with E-state index in [0.29, 0.717) is 12.0 Å². The van der Waals surface area contributed by atoms with Gasteiger partial charge in [-0.3, -0.25) is 6.42 Å². The second-order valence-corrected chi connectivity index (χ2v) is 6.28. The molecule has 1 aromatic rings. The number of Topliss-reactive ketones (excluding diaryl/α,β-unsaturated/α-hetero) is 2. The number of ketones is 2. The molecule has 3 rings (SSSR count). The molecular weight excluding hydrogens is 818 g/mol. The third-order valence-electron chi connectivity index (χ3n) is 3.71. The molecular formula is C15H14N2O2SW2Y2-2. The van der Waals surface area contributed by atoms with E-state index < -0.39 is 5.54 Å².